The largest absolute Gasteiger partial charge is 0.446 e. The Kier molecular flexibility index (Phi) is 6.68. The number of nitrogens with zero attached hydrogens (tertiary/aromatic N) is 4. The van der Waals surface area contributed by atoms with Crippen molar-refractivity contribution in [2.45, 2.75) is 17.3 Å². The molecule has 0 radical (unpaired) electrons. The summed E-state index contributed by atoms with van der Waals surface area (Å²) in [6.45, 7) is 1.78. The zero-order valence-electron chi connectivity index (χ0n) is 17.7. The molecule has 4 aromatic rings. The molecule has 0 atom stereocenters. The quantitative estimate of drug-likeness (QED) is 0.291. The van der Waals surface area contributed by atoms with Crippen LogP contribution in [0.1, 0.15) is 5.82 Å². The third-order valence-electron chi connectivity index (χ3n) is 4.32. The van der Waals surface area contributed by atoms with Crippen LogP contribution in [-0.2, 0) is 0 Å². The van der Waals surface area contributed by atoms with Crippen molar-refractivity contribution in [3.63, 3.8) is 0 Å². The van der Waals surface area contributed by atoms with Crippen molar-refractivity contribution < 1.29 is 18.0 Å². The topological polar surface area (TPSA) is 96.8 Å². The third-order valence-corrected chi connectivity index (χ3v) is 5.06. The lowest BCUT2D eigenvalue weighted by Gasteiger charge is -2.11. The summed E-state index contributed by atoms with van der Waals surface area (Å²) in [5, 5.41) is 12.6. The summed E-state index contributed by atoms with van der Waals surface area (Å²) in [7, 11) is 0. The number of aryl methyl sites for hydroxylation is 1. The first-order valence-corrected chi connectivity index (χ1v) is 10.7. The monoisotopic (exact) mass is 485 g/mol. The first-order chi connectivity index (χ1) is 16.2. The van der Waals surface area contributed by atoms with Crippen LogP contribution in [0.4, 0.5) is 40.8 Å². The maximum absolute atomic E-state index is 12.4. The van der Waals surface area contributed by atoms with Crippen molar-refractivity contribution in [1.29, 1.82) is 0 Å². The first kappa shape index (κ1) is 23.1. The summed E-state index contributed by atoms with van der Waals surface area (Å²) in [5.74, 6) is 1.79. The van der Waals surface area contributed by atoms with E-state index in [4.69, 9.17) is 0 Å². The molecule has 0 saturated heterocycles. The number of alkyl halides is 3. The molecule has 2 aromatic heterocycles. The van der Waals surface area contributed by atoms with Crippen LogP contribution in [-0.4, -0.2) is 31.3 Å². The highest BCUT2D eigenvalue weighted by atomic mass is 32.2. The van der Waals surface area contributed by atoms with Crippen LogP contribution in [0.2, 0.25) is 0 Å². The van der Waals surface area contributed by atoms with E-state index in [1.54, 1.807) is 60.4 Å². The van der Waals surface area contributed by atoms with Gasteiger partial charge in [-0.2, -0.15) is 18.3 Å². The molecule has 34 heavy (non-hydrogen) atoms. The Balaban J connectivity index is 1.34. The van der Waals surface area contributed by atoms with Crippen molar-refractivity contribution in [2.75, 3.05) is 16.0 Å². The molecular formula is C22H18F3N7OS. The third kappa shape index (κ3) is 6.48. The highest BCUT2D eigenvalue weighted by Gasteiger charge is 2.29. The van der Waals surface area contributed by atoms with Gasteiger partial charge in [-0.05, 0) is 73.3 Å². The van der Waals surface area contributed by atoms with Crippen LogP contribution in [0, 0.1) is 6.92 Å². The fourth-order valence-corrected chi connectivity index (χ4v) is 3.50. The predicted molar refractivity (Wildman–Crippen MR) is 125 cm³/mol. The number of benzene rings is 2. The molecule has 4 rings (SSSR count). The van der Waals surface area contributed by atoms with Gasteiger partial charge < -0.3 is 16.0 Å². The molecule has 0 bridgehead atoms. The van der Waals surface area contributed by atoms with Crippen LogP contribution in [0.25, 0.3) is 5.82 Å². The number of hydrogen-bond donors (Lipinski definition) is 3. The second-order valence-electron chi connectivity index (χ2n) is 6.96. The maximum Gasteiger partial charge on any atom is 0.446 e. The van der Waals surface area contributed by atoms with Crippen LogP contribution < -0.4 is 16.0 Å². The van der Waals surface area contributed by atoms with Crippen molar-refractivity contribution >= 4 is 40.7 Å². The molecule has 0 unspecified atom stereocenters. The molecule has 0 spiro atoms. The Morgan fingerprint density at radius 1 is 0.941 bits per heavy atom. The molecule has 2 amide bonds. The minimum Gasteiger partial charge on any atom is -0.340 e. The van der Waals surface area contributed by atoms with E-state index < -0.39 is 11.5 Å². The molecule has 8 nitrogen and oxygen atoms in total. The number of nitrogens with one attached hydrogen (secondary N) is 3. The number of amides is 2. The molecular weight excluding hydrogens is 467 g/mol. The second-order valence-corrected chi connectivity index (χ2v) is 8.10. The van der Waals surface area contributed by atoms with E-state index in [1.165, 1.54) is 24.3 Å². The average Bonchev–Trinajstić information content (AvgIpc) is 3.30. The van der Waals surface area contributed by atoms with Crippen LogP contribution in [0.5, 0.6) is 0 Å². The van der Waals surface area contributed by atoms with E-state index >= 15 is 0 Å². The van der Waals surface area contributed by atoms with E-state index in [9.17, 15) is 18.0 Å². The van der Waals surface area contributed by atoms with E-state index in [2.05, 4.69) is 31.0 Å². The van der Waals surface area contributed by atoms with Gasteiger partial charge in [0, 0.05) is 40.4 Å². The van der Waals surface area contributed by atoms with Gasteiger partial charge in [-0.3, -0.25) is 0 Å². The standard InChI is InChI=1S/C22H18F3N7OS/c1-14-27-19(13-20(28-14)32-12-2-11-26-32)29-15-3-5-16(6-4-15)30-21(33)31-17-7-9-18(10-8-17)34-22(23,24)25/h2-13H,1H3,(H,27,28,29)(H2,30,31,33). The average molecular weight is 485 g/mol. The molecule has 12 heteroatoms. The molecule has 0 aliphatic rings. The summed E-state index contributed by atoms with van der Waals surface area (Å²) in [6.07, 6.45) is 3.45. The van der Waals surface area contributed by atoms with E-state index in [1.807, 2.05) is 0 Å². The summed E-state index contributed by atoms with van der Waals surface area (Å²) < 4.78 is 38.9. The summed E-state index contributed by atoms with van der Waals surface area (Å²) in [6, 6.07) is 15.4. The van der Waals surface area contributed by atoms with Gasteiger partial charge >= 0.3 is 11.5 Å². The van der Waals surface area contributed by atoms with Crippen LogP contribution >= 0.6 is 11.8 Å². The Labute approximate surface area is 196 Å². The number of rotatable bonds is 6. The first-order valence-electron chi connectivity index (χ1n) is 9.90. The normalized spacial score (nSPS) is 11.2. The lowest BCUT2D eigenvalue weighted by atomic mass is 10.2. The zero-order valence-corrected chi connectivity index (χ0v) is 18.5. The van der Waals surface area contributed by atoms with Crippen molar-refractivity contribution in [3.05, 3.63) is 78.9 Å². The van der Waals surface area contributed by atoms with Gasteiger partial charge in [-0.1, -0.05) is 0 Å². The lowest BCUT2D eigenvalue weighted by Crippen LogP contribution is -2.19. The maximum atomic E-state index is 12.4. The summed E-state index contributed by atoms with van der Waals surface area (Å²) >= 11 is -0.213. The molecule has 3 N–H and O–H groups in total. The number of carbonyl (C=O) groups is 1. The number of urea groups is 1. The number of thioether (sulfide) groups is 1. The molecule has 0 fully saturated rings. The van der Waals surface area contributed by atoms with Gasteiger partial charge in [0.2, 0.25) is 0 Å². The zero-order chi connectivity index (χ0) is 24.1. The Hall–Kier alpha value is -4.06. The van der Waals surface area contributed by atoms with Crippen molar-refractivity contribution in [1.82, 2.24) is 19.7 Å². The molecule has 0 saturated carbocycles. The Bertz CT molecular complexity index is 1260. The number of carbonyl (C=O) groups excluding carboxylic acids is 1. The smallest absolute Gasteiger partial charge is 0.340 e. The minimum atomic E-state index is -4.36. The highest BCUT2D eigenvalue weighted by Crippen LogP contribution is 2.37. The van der Waals surface area contributed by atoms with Gasteiger partial charge in [-0.25, -0.2) is 19.4 Å². The Morgan fingerprint density at radius 2 is 1.56 bits per heavy atom. The van der Waals surface area contributed by atoms with Gasteiger partial charge in [0.05, 0.1) is 0 Å². The van der Waals surface area contributed by atoms with E-state index in [0.29, 0.717) is 28.8 Å². The van der Waals surface area contributed by atoms with Gasteiger partial charge in [0.15, 0.2) is 5.82 Å². The van der Waals surface area contributed by atoms with E-state index in [-0.39, 0.29) is 16.7 Å². The molecule has 2 heterocycles. The molecule has 2 aromatic carbocycles. The van der Waals surface area contributed by atoms with Gasteiger partial charge in [0.1, 0.15) is 11.6 Å². The number of aromatic nitrogens is 4. The summed E-state index contributed by atoms with van der Waals surface area (Å²) in [4.78, 5) is 21.0. The van der Waals surface area contributed by atoms with Crippen molar-refractivity contribution in [2.24, 2.45) is 0 Å². The molecule has 174 valence electrons. The second kappa shape index (κ2) is 9.83. The predicted octanol–water partition coefficient (Wildman–Crippen LogP) is 5.97. The van der Waals surface area contributed by atoms with Crippen LogP contribution in [0.15, 0.2) is 78.0 Å². The fraction of sp³-hybridized carbons (Fsp3) is 0.0909. The number of halogens is 3. The molecule has 0 aliphatic carbocycles. The lowest BCUT2D eigenvalue weighted by molar-refractivity contribution is -0.0328. The van der Waals surface area contributed by atoms with Crippen molar-refractivity contribution in [3.8, 4) is 5.82 Å². The fourth-order valence-electron chi connectivity index (χ4n) is 2.96. The molecule has 0 aliphatic heterocycles. The van der Waals surface area contributed by atoms with E-state index in [0.717, 1.165) is 5.69 Å². The number of anilines is 4. The van der Waals surface area contributed by atoms with Crippen LogP contribution in [0.3, 0.4) is 0 Å². The summed E-state index contributed by atoms with van der Waals surface area (Å²) in [5.41, 5.74) is -2.71. The Morgan fingerprint density at radius 3 is 2.15 bits per heavy atom. The SMILES string of the molecule is Cc1nc(Nc2ccc(NC(=O)Nc3ccc(SC(F)(F)F)cc3)cc2)cc(-n2cccn2)n1. The van der Waals surface area contributed by atoms with Gasteiger partial charge in [-0.15, -0.1) is 0 Å². The number of hydrogen-bond acceptors (Lipinski definition) is 6. The minimum absolute atomic E-state index is 0.0390. The van der Waals surface area contributed by atoms with Gasteiger partial charge in [0.25, 0.3) is 0 Å². The highest BCUT2D eigenvalue weighted by molar-refractivity contribution is 8.00.